The number of aliphatic hydroxyl groups is 2. The fraction of sp³-hybridized carbons (Fsp3) is 0.773. The predicted molar refractivity (Wildman–Crippen MR) is 122 cm³/mol. The molecule has 0 aliphatic carbocycles. The molecule has 4 aliphatic rings. The summed E-state index contributed by atoms with van der Waals surface area (Å²) < 4.78 is 0. The van der Waals surface area contributed by atoms with E-state index in [0.29, 0.717) is 37.5 Å². The van der Waals surface area contributed by atoms with E-state index in [4.69, 9.17) is 5.11 Å². The number of aliphatic carboxylic acids is 1. The quantitative estimate of drug-likeness (QED) is 0.342. The van der Waals surface area contributed by atoms with Gasteiger partial charge in [0, 0.05) is 48.8 Å². The highest BCUT2D eigenvalue weighted by Gasteiger charge is 2.60. The van der Waals surface area contributed by atoms with Gasteiger partial charge in [-0.3, -0.25) is 14.5 Å². The van der Waals surface area contributed by atoms with Crippen LogP contribution in [-0.2, 0) is 14.4 Å². The third-order valence-corrected chi connectivity index (χ3v) is 8.82. The minimum atomic E-state index is -1.13. The topological polar surface area (TPSA) is 134 Å². The molecule has 0 aromatic heterocycles. The molecule has 3 fully saturated rings. The van der Waals surface area contributed by atoms with E-state index < -0.39 is 18.0 Å². The number of β-amino-alcohol motifs (C(OH)–C–C–N with tert-alkyl or cyclic N) is 1. The molecule has 11 heteroatoms. The van der Waals surface area contributed by atoms with E-state index in [1.165, 1.54) is 16.7 Å². The highest BCUT2D eigenvalue weighted by molar-refractivity contribution is 8.03. The average Bonchev–Trinajstić information content (AvgIpc) is 3.22. The van der Waals surface area contributed by atoms with Crippen LogP contribution in [0.25, 0.3) is 0 Å². The number of carbonyl (C=O) groups is 3. The summed E-state index contributed by atoms with van der Waals surface area (Å²) in [6, 6.07) is -0.627. The number of aliphatic hydroxyl groups excluding tert-OH is 2. The molecule has 184 valence electrons. The van der Waals surface area contributed by atoms with Gasteiger partial charge in [0.25, 0.3) is 0 Å². The number of rotatable bonds is 7. The zero-order valence-corrected chi connectivity index (χ0v) is 20.0. The Kier molecular flexibility index (Phi) is 7.35. The van der Waals surface area contributed by atoms with Gasteiger partial charge in [0.2, 0.25) is 11.8 Å². The van der Waals surface area contributed by atoms with Gasteiger partial charge in [-0.15, -0.1) is 11.8 Å². The van der Waals surface area contributed by atoms with Gasteiger partial charge in [0.05, 0.1) is 30.7 Å². The van der Waals surface area contributed by atoms with Gasteiger partial charge in [-0.1, -0.05) is 6.92 Å². The van der Waals surface area contributed by atoms with E-state index in [1.807, 2.05) is 11.8 Å². The Morgan fingerprint density at radius 2 is 2.00 bits per heavy atom. The molecule has 2 amide bonds. The average molecular weight is 483 g/mol. The zero-order valence-electron chi connectivity index (χ0n) is 19.1. The molecule has 0 unspecified atom stereocenters. The lowest BCUT2D eigenvalue weighted by Gasteiger charge is -2.46. The van der Waals surface area contributed by atoms with E-state index >= 15 is 0 Å². The molecule has 4 aliphatic heterocycles. The van der Waals surface area contributed by atoms with Gasteiger partial charge < -0.3 is 30.4 Å². The highest BCUT2D eigenvalue weighted by atomic mass is 32.2. The number of nitrogens with zero attached hydrogens (tertiary/aromatic N) is 3. The number of amides is 2. The van der Waals surface area contributed by atoms with Crippen LogP contribution in [0, 0.1) is 11.8 Å². The molecule has 6 atom stereocenters. The zero-order chi connectivity index (χ0) is 23.9. The number of carboxylic acids is 1. The number of β-lactam (4-membered cyclic amide) rings is 1. The molecule has 0 aromatic carbocycles. The van der Waals surface area contributed by atoms with Gasteiger partial charge in [-0.2, -0.15) is 0 Å². The van der Waals surface area contributed by atoms with Crippen LogP contribution < -0.4 is 5.32 Å². The van der Waals surface area contributed by atoms with Gasteiger partial charge >= 0.3 is 5.97 Å². The maximum Gasteiger partial charge on any atom is 0.353 e. The Morgan fingerprint density at radius 3 is 2.67 bits per heavy atom. The summed E-state index contributed by atoms with van der Waals surface area (Å²) in [5, 5.41) is 32.3. The van der Waals surface area contributed by atoms with Crippen molar-refractivity contribution in [1.29, 1.82) is 0 Å². The number of carboxylic acid groups (broad SMARTS) is 1. The highest BCUT2D eigenvalue weighted by Crippen LogP contribution is 2.51. The van der Waals surface area contributed by atoms with Crippen molar-refractivity contribution in [3.05, 3.63) is 10.6 Å². The number of hydrogen-bond donors (Lipinski definition) is 4. The molecule has 0 aromatic rings. The summed E-state index contributed by atoms with van der Waals surface area (Å²) in [4.78, 5) is 43.7. The van der Waals surface area contributed by atoms with Crippen molar-refractivity contribution >= 4 is 29.5 Å². The molecule has 33 heavy (non-hydrogen) atoms. The largest absolute Gasteiger partial charge is 0.477 e. The van der Waals surface area contributed by atoms with Crippen molar-refractivity contribution in [2.75, 3.05) is 45.9 Å². The van der Waals surface area contributed by atoms with Gasteiger partial charge in [-0.05, 0) is 26.3 Å². The van der Waals surface area contributed by atoms with Crippen LogP contribution in [0.15, 0.2) is 10.6 Å². The first kappa shape index (κ1) is 24.5. The summed E-state index contributed by atoms with van der Waals surface area (Å²) in [6.07, 6.45) is 0.651. The third kappa shape index (κ3) is 4.53. The second-order valence-electron chi connectivity index (χ2n) is 9.45. The number of thioether (sulfide) groups is 1. The molecule has 0 radical (unpaired) electrons. The Hall–Kier alpha value is -1.66. The van der Waals surface area contributed by atoms with Crippen LogP contribution in [0.3, 0.4) is 0 Å². The van der Waals surface area contributed by atoms with Gasteiger partial charge in [0.15, 0.2) is 0 Å². The van der Waals surface area contributed by atoms with Crippen LogP contribution in [0.4, 0.5) is 0 Å². The van der Waals surface area contributed by atoms with E-state index in [2.05, 4.69) is 10.2 Å². The van der Waals surface area contributed by atoms with Crippen LogP contribution >= 0.6 is 11.8 Å². The van der Waals surface area contributed by atoms with E-state index in [0.717, 1.165) is 19.5 Å². The first-order valence-electron chi connectivity index (χ1n) is 11.7. The van der Waals surface area contributed by atoms with Crippen molar-refractivity contribution in [1.82, 2.24) is 20.0 Å². The number of carbonyl (C=O) groups excluding carboxylic acids is 2. The van der Waals surface area contributed by atoms with Gasteiger partial charge in [0.1, 0.15) is 5.70 Å². The molecule has 4 N–H and O–H groups in total. The summed E-state index contributed by atoms with van der Waals surface area (Å²) in [7, 11) is 0. The number of nitrogens with one attached hydrogen (secondary N) is 1. The summed E-state index contributed by atoms with van der Waals surface area (Å²) in [5.41, 5.74) is 0.0330. The van der Waals surface area contributed by atoms with E-state index in [9.17, 15) is 24.6 Å². The first-order valence-corrected chi connectivity index (χ1v) is 12.6. The maximum atomic E-state index is 13.1. The molecule has 0 spiro atoms. The van der Waals surface area contributed by atoms with Crippen LogP contribution in [0.2, 0.25) is 0 Å². The summed E-state index contributed by atoms with van der Waals surface area (Å²) in [6.45, 7) is 7.77. The molecular formula is C22H34N4O6S. The van der Waals surface area contributed by atoms with Crippen LogP contribution in [-0.4, -0.2) is 117 Å². The van der Waals surface area contributed by atoms with Crippen LogP contribution in [0.5, 0.6) is 0 Å². The fourth-order valence-electron chi connectivity index (χ4n) is 5.62. The van der Waals surface area contributed by atoms with E-state index in [-0.39, 0.29) is 47.4 Å². The predicted octanol–water partition coefficient (Wildman–Crippen LogP) is -0.870. The van der Waals surface area contributed by atoms with E-state index in [1.54, 1.807) is 6.92 Å². The Labute approximate surface area is 198 Å². The fourth-order valence-corrected chi connectivity index (χ4v) is 7.09. The van der Waals surface area contributed by atoms with Crippen molar-refractivity contribution < 1.29 is 29.7 Å². The lowest BCUT2D eigenvalue weighted by Crippen LogP contribution is -2.63. The number of fused-ring (bicyclic) bond motifs is 1. The monoisotopic (exact) mass is 482 g/mol. The lowest BCUT2D eigenvalue weighted by atomic mass is 9.79. The Bertz CT molecular complexity index is 836. The van der Waals surface area contributed by atoms with Gasteiger partial charge in [-0.25, -0.2) is 4.79 Å². The third-order valence-electron chi connectivity index (χ3n) is 7.31. The maximum absolute atomic E-state index is 13.1. The molecule has 0 saturated carbocycles. The molecule has 4 heterocycles. The smallest absolute Gasteiger partial charge is 0.353 e. The van der Waals surface area contributed by atoms with Crippen molar-refractivity contribution in [2.45, 2.75) is 50.1 Å². The normalized spacial score (nSPS) is 33.7. The molecule has 4 rings (SSSR count). The summed E-state index contributed by atoms with van der Waals surface area (Å²) >= 11 is 1.46. The second kappa shape index (κ2) is 9.91. The first-order chi connectivity index (χ1) is 15.7. The second-order valence-corrected chi connectivity index (χ2v) is 10.8. The van der Waals surface area contributed by atoms with Crippen molar-refractivity contribution in [2.24, 2.45) is 11.8 Å². The number of hydrogen-bond acceptors (Lipinski definition) is 8. The summed E-state index contributed by atoms with van der Waals surface area (Å²) in [5.74, 6) is -2.12. The standard InChI is InChI=1S/C22H34N4O6S/c1-12-17-16(13(2)28)21(30)26(17)18(22(31)32)19(12)33-14-10-15(23-11-14)20(29)25-5-3-4-24(6-7-25)8-9-27/h12-17,23,27-28H,3-11H2,1-2H3,(H,31,32)/t12-,13-,14+,15+,16-,17-/m1/s1. The molecule has 0 bridgehead atoms. The van der Waals surface area contributed by atoms with Crippen LogP contribution in [0.1, 0.15) is 26.7 Å². The molecular weight excluding hydrogens is 448 g/mol. The molecule has 10 nitrogen and oxygen atoms in total. The minimum Gasteiger partial charge on any atom is -0.477 e. The Balaban J connectivity index is 1.39. The van der Waals surface area contributed by atoms with Crippen molar-refractivity contribution in [3.63, 3.8) is 0 Å². The van der Waals surface area contributed by atoms with Crippen molar-refractivity contribution in [3.8, 4) is 0 Å². The minimum absolute atomic E-state index is 0.0300. The SMILES string of the molecule is C[C@@H](O)[C@H]1C(=O)N2C(C(=O)O)=C(S[C@@H]3CN[C@H](C(=O)N4CCCN(CCO)CC4)C3)[C@H](C)[C@H]12. The Morgan fingerprint density at radius 1 is 1.24 bits per heavy atom. The molecule has 3 saturated heterocycles. The lowest BCUT2D eigenvalue weighted by molar-refractivity contribution is -0.163.